The molecule has 0 aromatic heterocycles. The molecular formula is C12H21ClN2O2. The summed E-state index contributed by atoms with van der Waals surface area (Å²) in [5, 5.41) is 22.4. The van der Waals surface area contributed by atoms with E-state index in [9.17, 15) is 10.2 Å². The molecule has 5 N–H and O–H groups in total. The van der Waals surface area contributed by atoms with Gasteiger partial charge in [0.1, 0.15) is 5.75 Å². The summed E-state index contributed by atoms with van der Waals surface area (Å²) in [4.78, 5) is 0. The number of hydrogen-bond donors (Lipinski definition) is 4. The van der Waals surface area contributed by atoms with Crippen LogP contribution in [0.15, 0.2) is 18.2 Å². The Labute approximate surface area is 108 Å². The minimum Gasteiger partial charge on any atom is -0.506 e. The zero-order valence-corrected chi connectivity index (χ0v) is 11.2. The monoisotopic (exact) mass is 260 g/mol. The first-order valence-corrected chi connectivity index (χ1v) is 5.31. The Balaban J connectivity index is 0.00000256. The predicted molar refractivity (Wildman–Crippen MR) is 72.5 cm³/mol. The van der Waals surface area contributed by atoms with Crippen LogP contribution in [0.5, 0.6) is 5.75 Å². The average Bonchev–Trinajstić information content (AvgIpc) is 2.17. The standard InChI is InChI=1S/C12H20N2O2.ClH/c1-12(2,3)14-7-11(16)8-4-5-10(15)9(13)6-8;/h4-6,11,14-16H,7,13H2,1-3H3;1H. The van der Waals surface area contributed by atoms with E-state index in [0.29, 0.717) is 12.1 Å². The summed E-state index contributed by atoms with van der Waals surface area (Å²) in [6, 6.07) is 4.75. The van der Waals surface area contributed by atoms with E-state index < -0.39 is 6.10 Å². The van der Waals surface area contributed by atoms with Crippen molar-refractivity contribution < 1.29 is 10.2 Å². The molecule has 1 aromatic carbocycles. The molecule has 1 atom stereocenters. The SMILES string of the molecule is CC(C)(C)NCC(O)c1ccc(O)c(N)c1.Cl. The Bertz CT molecular complexity index is 364. The number of phenols is 1. The number of hydrogen-bond acceptors (Lipinski definition) is 4. The number of nitrogen functional groups attached to an aromatic ring is 1. The summed E-state index contributed by atoms with van der Waals surface area (Å²) in [6.45, 7) is 6.55. The molecule has 4 nitrogen and oxygen atoms in total. The average molecular weight is 261 g/mol. The molecule has 0 bridgehead atoms. The van der Waals surface area contributed by atoms with Crippen LogP contribution >= 0.6 is 12.4 Å². The summed E-state index contributed by atoms with van der Waals surface area (Å²) in [5.41, 5.74) is 6.51. The minimum atomic E-state index is -0.623. The van der Waals surface area contributed by atoms with Crippen LogP contribution in [0.1, 0.15) is 32.4 Å². The fourth-order valence-electron chi connectivity index (χ4n) is 1.30. The molecule has 0 fully saturated rings. The Morgan fingerprint density at radius 3 is 2.41 bits per heavy atom. The third-order valence-corrected chi connectivity index (χ3v) is 2.26. The lowest BCUT2D eigenvalue weighted by molar-refractivity contribution is 0.163. The number of aliphatic hydroxyl groups is 1. The van der Waals surface area contributed by atoms with Crippen molar-refractivity contribution in [1.29, 1.82) is 0 Å². The first-order chi connectivity index (χ1) is 7.29. The molecule has 5 heteroatoms. The van der Waals surface area contributed by atoms with Gasteiger partial charge >= 0.3 is 0 Å². The van der Waals surface area contributed by atoms with Gasteiger partial charge in [0.2, 0.25) is 0 Å². The van der Waals surface area contributed by atoms with Crippen LogP contribution in [0.4, 0.5) is 5.69 Å². The normalized spacial score (nSPS) is 12.9. The van der Waals surface area contributed by atoms with E-state index in [1.165, 1.54) is 6.07 Å². The van der Waals surface area contributed by atoms with Gasteiger partial charge < -0.3 is 21.3 Å². The Kier molecular flexibility index (Phi) is 5.75. The number of rotatable bonds is 3. The van der Waals surface area contributed by atoms with Crippen molar-refractivity contribution >= 4 is 18.1 Å². The number of nitrogens with one attached hydrogen (secondary N) is 1. The molecule has 0 aliphatic heterocycles. The molecular weight excluding hydrogens is 240 g/mol. The van der Waals surface area contributed by atoms with Gasteiger partial charge in [0, 0.05) is 12.1 Å². The van der Waals surface area contributed by atoms with Crippen LogP contribution in [-0.2, 0) is 0 Å². The highest BCUT2D eigenvalue weighted by Crippen LogP contribution is 2.24. The fourth-order valence-corrected chi connectivity index (χ4v) is 1.30. The molecule has 98 valence electrons. The molecule has 0 aliphatic carbocycles. The fraction of sp³-hybridized carbons (Fsp3) is 0.500. The topological polar surface area (TPSA) is 78.5 Å². The highest BCUT2D eigenvalue weighted by molar-refractivity contribution is 5.85. The number of β-amino-alcohol motifs (C(OH)–C–C–N with tert-alkyl or cyclic N) is 1. The lowest BCUT2D eigenvalue weighted by atomic mass is 10.1. The summed E-state index contributed by atoms with van der Waals surface area (Å²) in [7, 11) is 0. The van der Waals surface area contributed by atoms with E-state index in [1.807, 2.05) is 20.8 Å². The largest absolute Gasteiger partial charge is 0.506 e. The molecule has 0 aliphatic rings. The van der Waals surface area contributed by atoms with Crippen molar-refractivity contribution in [3.05, 3.63) is 23.8 Å². The highest BCUT2D eigenvalue weighted by atomic mass is 35.5. The number of aliphatic hydroxyl groups excluding tert-OH is 1. The third-order valence-electron chi connectivity index (χ3n) is 2.26. The molecule has 0 spiro atoms. The van der Waals surface area contributed by atoms with Crippen LogP contribution in [0.25, 0.3) is 0 Å². The van der Waals surface area contributed by atoms with Crippen LogP contribution in [0.2, 0.25) is 0 Å². The third kappa shape index (κ3) is 5.26. The lowest BCUT2D eigenvalue weighted by Gasteiger charge is -2.23. The summed E-state index contributed by atoms with van der Waals surface area (Å²) < 4.78 is 0. The number of aromatic hydroxyl groups is 1. The van der Waals surface area contributed by atoms with E-state index in [2.05, 4.69) is 5.32 Å². The van der Waals surface area contributed by atoms with Crippen molar-refractivity contribution in [1.82, 2.24) is 5.32 Å². The second kappa shape index (κ2) is 6.10. The van der Waals surface area contributed by atoms with Crippen LogP contribution < -0.4 is 11.1 Å². The number of nitrogens with two attached hydrogens (primary N) is 1. The van der Waals surface area contributed by atoms with Crippen molar-refractivity contribution in [3.63, 3.8) is 0 Å². The van der Waals surface area contributed by atoms with Crippen molar-refractivity contribution in [3.8, 4) is 5.75 Å². The van der Waals surface area contributed by atoms with Gasteiger partial charge in [0.25, 0.3) is 0 Å². The van der Waals surface area contributed by atoms with Crippen molar-refractivity contribution in [2.75, 3.05) is 12.3 Å². The number of phenolic OH excluding ortho intramolecular Hbond substituents is 1. The van der Waals surface area contributed by atoms with Gasteiger partial charge in [0.05, 0.1) is 11.8 Å². The molecule has 0 saturated heterocycles. The number of benzene rings is 1. The lowest BCUT2D eigenvalue weighted by Crippen LogP contribution is -2.38. The van der Waals surface area contributed by atoms with Gasteiger partial charge in [-0.1, -0.05) is 6.07 Å². The summed E-state index contributed by atoms with van der Waals surface area (Å²) >= 11 is 0. The maximum absolute atomic E-state index is 9.90. The van der Waals surface area contributed by atoms with E-state index in [0.717, 1.165) is 0 Å². The van der Waals surface area contributed by atoms with E-state index in [-0.39, 0.29) is 29.4 Å². The summed E-state index contributed by atoms with van der Waals surface area (Å²) in [6.07, 6.45) is -0.623. The van der Waals surface area contributed by atoms with Crippen molar-refractivity contribution in [2.24, 2.45) is 0 Å². The maximum atomic E-state index is 9.90. The Morgan fingerprint density at radius 1 is 1.35 bits per heavy atom. The Morgan fingerprint density at radius 2 is 1.94 bits per heavy atom. The Hall–Kier alpha value is -0.970. The number of halogens is 1. The zero-order chi connectivity index (χ0) is 12.3. The molecule has 17 heavy (non-hydrogen) atoms. The van der Waals surface area contributed by atoms with Crippen LogP contribution in [0.3, 0.4) is 0 Å². The first-order valence-electron chi connectivity index (χ1n) is 5.31. The van der Waals surface area contributed by atoms with Crippen LogP contribution in [0, 0.1) is 0 Å². The highest BCUT2D eigenvalue weighted by Gasteiger charge is 2.14. The van der Waals surface area contributed by atoms with Gasteiger partial charge in [-0.05, 0) is 38.5 Å². The van der Waals surface area contributed by atoms with E-state index >= 15 is 0 Å². The minimum absolute atomic E-state index is 0. The van der Waals surface area contributed by atoms with Gasteiger partial charge in [0.15, 0.2) is 0 Å². The van der Waals surface area contributed by atoms with Gasteiger partial charge in [-0.3, -0.25) is 0 Å². The molecule has 0 heterocycles. The van der Waals surface area contributed by atoms with Gasteiger partial charge in [-0.15, -0.1) is 12.4 Å². The number of anilines is 1. The maximum Gasteiger partial charge on any atom is 0.138 e. The molecule has 1 rings (SSSR count). The molecule has 1 aromatic rings. The zero-order valence-electron chi connectivity index (χ0n) is 10.4. The molecule has 0 saturated carbocycles. The van der Waals surface area contributed by atoms with E-state index in [1.54, 1.807) is 12.1 Å². The van der Waals surface area contributed by atoms with E-state index in [4.69, 9.17) is 5.73 Å². The molecule has 0 radical (unpaired) electrons. The van der Waals surface area contributed by atoms with Gasteiger partial charge in [-0.25, -0.2) is 0 Å². The first kappa shape index (κ1) is 16.0. The van der Waals surface area contributed by atoms with Gasteiger partial charge in [-0.2, -0.15) is 0 Å². The second-order valence-corrected chi connectivity index (χ2v) is 4.96. The molecule has 1 unspecified atom stereocenters. The smallest absolute Gasteiger partial charge is 0.138 e. The molecule has 0 amide bonds. The predicted octanol–water partition coefficient (Wildman–Crippen LogP) is 1.82. The summed E-state index contributed by atoms with van der Waals surface area (Å²) in [5.74, 6) is 0.0414. The van der Waals surface area contributed by atoms with Crippen molar-refractivity contribution in [2.45, 2.75) is 32.4 Å². The van der Waals surface area contributed by atoms with Crippen LogP contribution in [-0.4, -0.2) is 22.3 Å². The second-order valence-electron chi connectivity index (χ2n) is 4.96. The quantitative estimate of drug-likeness (QED) is 0.494.